The molecule has 252 valence electrons. The van der Waals surface area contributed by atoms with E-state index in [2.05, 4.69) is 14.8 Å². The van der Waals surface area contributed by atoms with Crippen molar-refractivity contribution in [2.75, 3.05) is 45.2 Å². The molecule has 0 radical (unpaired) electrons. The Bertz CT molecular complexity index is 1370. The standard InChI is InChI=1S/C31H33F7N4O2.C2H6/c1-40(2)27-8-11-42(12-9-27)28-16-23(22-4-6-26(32)7-5-22)17-29(39-28)44-13-3-10-41(20-43)19-21-14-24(30(33,34)35)18-25(15-21)31(36,37)38;1-2/h4-7,14-18,20,27H,3,8-13,19H2,1-2H3;1-2H3. The minimum absolute atomic E-state index is 0.0175. The van der Waals surface area contributed by atoms with Gasteiger partial charge >= 0.3 is 12.4 Å². The average molecular weight is 657 g/mol. The highest BCUT2D eigenvalue weighted by Gasteiger charge is 2.37. The Kier molecular flexibility index (Phi) is 12.8. The number of piperidine rings is 1. The predicted molar refractivity (Wildman–Crippen MR) is 163 cm³/mol. The molecule has 1 amide bonds. The van der Waals surface area contributed by atoms with Crippen molar-refractivity contribution in [3.8, 4) is 17.0 Å². The minimum atomic E-state index is -4.98. The van der Waals surface area contributed by atoms with Gasteiger partial charge in [-0.25, -0.2) is 4.39 Å². The predicted octanol–water partition coefficient (Wildman–Crippen LogP) is 7.91. The van der Waals surface area contributed by atoms with Gasteiger partial charge in [-0.1, -0.05) is 26.0 Å². The van der Waals surface area contributed by atoms with Crippen LogP contribution in [0.2, 0.25) is 0 Å². The third kappa shape index (κ3) is 10.3. The fourth-order valence-electron chi connectivity index (χ4n) is 5.11. The first kappa shape index (κ1) is 36.6. The topological polar surface area (TPSA) is 48.9 Å². The summed E-state index contributed by atoms with van der Waals surface area (Å²) < 4.78 is 98.8. The molecule has 0 spiro atoms. The Morgan fingerprint density at radius 1 is 0.891 bits per heavy atom. The van der Waals surface area contributed by atoms with Gasteiger partial charge in [0.15, 0.2) is 0 Å². The Morgan fingerprint density at radius 3 is 2.00 bits per heavy atom. The molecular weight excluding hydrogens is 617 g/mol. The molecule has 0 N–H and O–H groups in total. The number of hydrogen-bond acceptors (Lipinski definition) is 5. The monoisotopic (exact) mass is 656 g/mol. The quantitative estimate of drug-likeness (QED) is 0.119. The van der Waals surface area contributed by atoms with E-state index in [9.17, 15) is 35.5 Å². The van der Waals surface area contributed by atoms with Gasteiger partial charge in [0.1, 0.15) is 11.6 Å². The summed E-state index contributed by atoms with van der Waals surface area (Å²) in [5, 5.41) is 0. The van der Waals surface area contributed by atoms with Crippen LogP contribution in [0.5, 0.6) is 5.88 Å². The van der Waals surface area contributed by atoms with E-state index < -0.39 is 30.0 Å². The molecule has 0 atom stereocenters. The third-order valence-corrected chi connectivity index (χ3v) is 7.51. The number of pyridine rings is 1. The number of halogens is 7. The third-order valence-electron chi connectivity index (χ3n) is 7.51. The summed E-state index contributed by atoms with van der Waals surface area (Å²) in [6.45, 7) is 5.21. The van der Waals surface area contributed by atoms with Gasteiger partial charge in [0.2, 0.25) is 12.3 Å². The first-order valence-electron chi connectivity index (χ1n) is 15.0. The highest BCUT2D eigenvalue weighted by atomic mass is 19.4. The maximum absolute atomic E-state index is 13.6. The van der Waals surface area contributed by atoms with Crippen LogP contribution >= 0.6 is 0 Å². The number of carbonyl (C=O) groups is 1. The number of alkyl halides is 6. The number of nitrogens with zero attached hydrogens (tertiary/aromatic N) is 4. The van der Waals surface area contributed by atoms with Crippen LogP contribution < -0.4 is 9.64 Å². The second kappa shape index (κ2) is 16.1. The van der Waals surface area contributed by atoms with Crippen molar-refractivity contribution in [2.24, 2.45) is 0 Å². The van der Waals surface area contributed by atoms with E-state index in [4.69, 9.17) is 4.74 Å². The molecule has 6 nitrogen and oxygen atoms in total. The molecule has 0 aliphatic carbocycles. The molecule has 2 heterocycles. The Labute approximate surface area is 264 Å². The number of benzene rings is 2. The van der Waals surface area contributed by atoms with E-state index in [-0.39, 0.29) is 37.0 Å². The number of anilines is 1. The second-order valence-corrected chi connectivity index (χ2v) is 10.9. The molecule has 1 aromatic heterocycles. The van der Waals surface area contributed by atoms with Gasteiger partial charge in [0.05, 0.1) is 17.7 Å². The molecule has 1 saturated heterocycles. The maximum atomic E-state index is 13.6. The van der Waals surface area contributed by atoms with Gasteiger partial charge in [-0.05, 0) is 86.4 Å². The number of hydrogen-bond donors (Lipinski definition) is 0. The Balaban J connectivity index is 0.00000282. The van der Waals surface area contributed by atoms with Crippen molar-refractivity contribution in [3.05, 3.63) is 77.1 Å². The minimum Gasteiger partial charge on any atom is -0.478 e. The van der Waals surface area contributed by atoms with E-state index in [1.54, 1.807) is 18.2 Å². The van der Waals surface area contributed by atoms with Gasteiger partial charge in [-0.3, -0.25) is 4.79 Å². The highest BCUT2D eigenvalue weighted by Crippen LogP contribution is 2.36. The van der Waals surface area contributed by atoms with Crippen molar-refractivity contribution >= 4 is 12.2 Å². The van der Waals surface area contributed by atoms with Crippen molar-refractivity contribution in [2.45, 2.75) is 58.0 Å². The van der Waals surface area contributed by atoms with Crippen LogP contribution in [0.4, 0.5) is 36.6 Å². The van der Waals surface area contributed by atoms with Crippen LogP contribution in [0, 0.1) is 5.82 Å². The van der Waals surface area contributed by atoms with E-state index in [1.165, 1.54) is 12.1 Å². The molecule has 13 heteroatoms. The van der Waals surface area contributed by atoms with E-state index >= 15 is 0 Å². The first-order chi connectivity index (χ1) is 21.7. The van der Waals surface area contributed by atoms with Crippen molar-refractivity contribution in [3.63, 3.8) is 0 Å². The Hall–Kier alpha value is -3.87. The summed E-state index contributed by atoms with van der Waals surface area (Å²) in [5.74, 6) is 0.616. The van der Waals surface area contributed by atoms with E-state index in [0.717, 1.165) is 42.0 Å². The van der Waals surface area contributed by atoms with Crippen molar-refractivity contribution < 1.29 is 40.3 Å². The largest absolute Gasteiger partial charge is 0.478 e. The summed E-state index contributed by atoms with van der Waals surface area (Å²) in [6.07, 6.45) is -7.46. The number of amides is 1. The van der Waals surface area contributed by atoms with Gasteiger partial charge in [0.25, 0.3) is 0 Å². The molecule has 3 aromatic rings. The molecule has 4 rings (SSSR count). The molecule has 0 bridgehead atoms. The zero-order valence-corrected chi connectivity index (χ0v) is 26.3. The zero-order valence-electron chi connectivity index (χ0n) is 26.3. The second-order valence-electron chi connectivity index (χ2n) is 10.9. The average Bonchev–Trinajstić information content (AvgIpc) is 3.02. The lowest BCUT2D eigenvalue weighted by Gasteiger charge is -2.36. The van der Waals surface area contributed by atoms with Gasteiger partial charge in [-0.15, -0.1) is 0 Å². The smallest absolute Gasteiger partial charge is 0.416 e. The van der Waals surface area contributed by atoms with E-state index in [1.807, 2.05) is 34.0 Å². The summed E-state index contributed by atoms with van der Waals surface area (Å²) in [5.41, 5.74) is -1.65. The lowest BCUT2D eigenvalue weighted by molar-refractivity contribution is -0.143. The normalized spacial score (nSPS) is 14.1. The summed E-state index contributed by atoms with van der Waals surface area (Å²) in [4.78, 5) is 21.7. The van der Waals surface area contributed by atoms with Crippen LogP contribution in [0.3, 0.4) is 0 Å². The van der Waals surface area contributed by atoms with E-state index in [0.29, 0.717) is 36.3 Å². The number of carbonyl (C=O) groups excluding carboxylic acids is 1. The molecule has 1 aliphatic heterocycles. The Morgan fingerprint density at radius 2 is 1.48 bits per heavy atom. The summed E-state index contributed by atoms with van der Waals surface area (Å²) in [6, 6.07) is 11.4. The van der Waals surface area contributed by atoms with Crippen molar-refractivity contribution in [1.29, 1.82) is 0 Å². The van der Waals surface area contributed by atoms with Crippen LogP contribution in [0.1, 0.15) is 49.8 Å². The molecular formula is C33H39F7N4O2. The van der Waals surface area contributed by atoms with Crippen LogP contribution in [0.25, 0.3) is 11.1 Å². The molecule has 0 unspecified atom stereocenters. The summed E-state index contributed by atoms with van der Waals surface area (Å²) >= 11 is 0. The first-order valence-corrected chi connectivity index (χ1v) is 15.0. The van der Waals surface area contributed by atoms with Gasteiger partial charge in [0, 0.05) is 38.3 Å². The molecule has 1 aliphatic rings. The van der Waals surface area contributed by atoms with Crippen LogP contribution in [0.15, 0.2) is 54.6 Å². The fourth-order valence-corrected chi connectivity index (χ4v) is 5.11. The SMILES string of the molecule is CC.CN(C)C1CCN(c2cc(-c3ccc(F)cc3)cc(OCCCN(C=O)Cc3cc(C(F)(F)F)cc(C(F)(F)F)c3)n2)CC1. The summed E-state index contributed by atoms with van der Waals surface area (Å²) in [7, 11) is 4.09. The molecule has 0 saturated carbocycles. The van der Waals surface area contributed by atoms with Crippen LogP contribution in [-0.4, -0.2) is 67.6 Å². The molecule has 2 aromatic carbocycles. The lowest BCUT2D eigenvalue weighted by atomic mass is 10.0. The molecule has 46 heavy (non-hydrogen) atoms. The maximum Gasteiger partial charge on any atom is 0.416 e. The highest BCUT2D eigenvalue weighted by molar-refractivity contribution is 5.68. The van der Waals surface area contributed by atoms with Gasteiger partial charge in [-0.2, -0.15) is 31.3 Å². The number of aromatic nitrogens is 1. The number of ether oxygens (including phenoxy) is 1. The van der Waals surface area contributed by atoms with Gasteiger partial charge < -0.3 is 19.4 Å². The number of rotatable bonds is 11. The fraction of sp³-hybridized carbons (Fsp3) is 0.455. The van der Waals surface area contributed by atoms with Crippen molar-refractivity contribution in [1.82, 2.24) is 14.8 Å². The zero-order chi connectivity index (χ0) is 34.1. The van der Waals surface area contributed by atoms with Crippen LogP contribution in [-0.2, 0) is 23.7 Å². The molecule has 1 fully saturated rings. The lowest BCUT2D eigenvalue weighted by Crippen LogP contribution is -2.42.